The van der Waals surface area contributed by atoms with Crippen LogP contribution in [-0.4, -0.2) is 13.6 Å². The van der Waals surface area contributed by atoms with E-state index in [0.717, 1.165) is 12.5 Å². The number of hydrogen-bond acceptors (Lipinski definition) is 1. The van der Waals surface area contributed by atoms with Gasteiger partial charge in [-0.05, 0) is 45.7 Å². The Hall–Kier alpha value is -0.300. The SMILES string of the molecule is C=C(C)CCCC(C)CNC. The molecular formula is C10H21N. The number of nitrogens with one attached hydrogen (secondary N) is 1. The van der Waals surface area contributed by atoms with Crippen LogP contribution in [0.5, 0.6) is 0 Å². The first kappa shape index (κ1) is 10.7. The quantitative estimate of drug-likeness (QED) is 0.581. The monoisotopic (exact) mass is 155 g/mol. The van der Waals surface area contributed by atoms with Gasteiger partial charge in [-0.3, -0.25) is 0 Å². The van der Waals surface area contributed by atoms with Crippen molar-refractivity contribution in [2.45, 2.75) is 33.1 Å². The fourth-order valence-corrected chi connectivity index (χ4v) is 1.20. The molecule has 0 aliphatic heterocycles. The van der Waals surface area contributed by atoms with Crippen LogP contribution in [0.2, 0.25) is 0 Å². The summed E-state index contributed by atoms with van der Waals surface area (Å²) in [6.07, 6.45) is 3.79. The van der Waals surface area contributed by atoms with E-state index in [0.29, 0.717) is 0 Å². The summed E-state index contributed by atoms with van der Waals surface area (Å²) < 4.78 is 0. The van der Waals surface area contributed by atoms with Crippen molar-refractivity contribution in [1.82, 2.24) is 5.32 Å². The van der Waals surface area contributed by atoms with Gasteiger partial charge in [-0.1, -0.05) is 12.5 Å². The third-order valence-corrected chi connectivity index (χ3v) is 1.85. The maximum Gasteiger partial charge on any atom is -0.00262 e. The summed E-state index contributed by atoms with van der Waals surface area (Å²) in [5.41, 5.74) is 1.31. The molecule has 11 heavy (non-hydrogen) atoms. The zero-order valence-electron chi connectivity index (χ0n) is 8.11. The Balaban J connectivity index is 3.16. The van der Waals surface area contributed by atoms with Crippen molar-refractivity contribution in [1.29, 1.82) is 0 Å². The second kappa shape index (κ2) is 6.41. The Bertz CT molecular complexity index is 107. The number of allylic oxidation sites excluding steroid dienone is 1. The summed E-state index contributed by atoms with van der Waals surface area (Å²) >= 11 is 0. The topological polar surface area (TPSA) is 12.0 Å². The Morgan fingerprint density at radius 1 is 1.55 bits per heavy atom. The lowest BCUT2D eigenvalue weighted by atomic mass is 10.0. The summed E-state index contributed by atoms with van der Waals surface area (Å²) in [7, 11) is 2.01. The lowest BCUT2D eigenvalue weighted by molar-refractivity contribution is 0.486. The van der Waals surface area contributed by atoms with Crippen molar-refractivity contribution in [3.05, 3.63) is 12.2 Å². The fraction of sp³-hybridized carbons (Fsp3) is 0.800. The molecule has 66 valence electrons. The first-order valence-corrected chi connectivity index (χ1v) is 4.45. The van der Waals surface area contributed by atoms with Crippen LogP contribution in [0.3, 0.4) is 0 Å². The molecule has 0 spiro atoms. The molecule has 0 saturated carbocycles. The highest BCUT2D eigenvalue weighted by Crippen LogP contribution is 2.09. The Labute approximate surface area is 70.9 Å². The highest BCUT2D eigenvalue weighted by atomic mass is 14.8. The van der Waals surface area contributed by atoms with Gasteiger partial charge < -0.3 is 5.32 Å². The first-order chi connectivity index (χ1) is 5.16. The maximum absolute atomic E-state index is 3.88. The lowest BCUT2D eigenvalue weighted by Crippen LogP contribution is -2.15. The first-order valence-electron chi connectivity index (χ1n) is 4.45. The van der Waals surface area contributed by atoms with Crippen LogP contribution in [0.15, 0.2) is 12.2 Å². The van der Waals surface area contributed by atoms with Crippen molar-refractivity contribution in [3.8, 4) is 0 Å². The van der Waals surface area contributed by atoms with Gasteiger partial charge in [0.15, 0.2) is 0 Å². The van der Waals surface area contributed by atoms with Crippen LogP contribution in [-0.2, 0) is 0 Å². The second-order valence-corrected chi connectivity index (χ2v) is 3.51. The van der Waals surface area contributed by atoms with Crippen molar-refractivity contribution in [2.24, 2.45) is 5.92 Å². The predicted molar refractivity (Wildman–Crippen MR) is 51.8 cm³/mol. The molecule has 1 unspecified atom stereocenters. The van der Waals surface area contributed by atoms with Gasteiger partial charge in [0.05, 0.1) is 0 Å². The number of hydrogen-bond donors (Lipinski definition) is 1. The fourth-order valence-electron chi connectivity index (χ4n) is 1.20. The van der Waals surface area contributed by atoms with Crippen LogP contribution in [0, 0.1) is 5.92 Å². The van der Waals surface area contributed by atoms with Crippen LogP contribution in [0.4, 0.5) is 0 Å². The molecule has 0 radical (unpaired) electrons. The summed E-state index contributed by atoms with van der Waals surface area (Å²) in [4.78, 5) is 0. The van der Waals surface area contributed by atoms with Crippen LogP contribution in [0.25, 0.3) is 0 Å². The molecule has 0 aromatic rings. The minimum absolute atomic E-state index is 0.805. The molecule has 1 N–H and O–H groups in total. The lowest BCUT2D eigenvalue weighted by Gasteiger charge is -2.09. The number of rotatable bonds is 6. The van der Waals surface area contributed by atoms with Crippen molar-refractivity contribution in [3.63, 3.8) is 0 Å². The third kappa shape index (κ3) is 7.60. The van der Waals surface area contributed by atoms with E-state index in [1.54, 1.807) is 0 Å². The third-order valence-electron chi connectivity index (χ3n) is 1.85. The molecule has 0 aliphatic rings. The zero-order chi connectivity index (χ0) is 8.69. The van der Waals surface area contributed by atoms with Crippen LogP contribution >= 0.6 is 0 Å². The summed E-state index contributed by atoms with van der Waals surface area (Å²) in [6.45, 7) is 9.40. The van der Waals surface area contributed by atoms with E-state index in [-0.39, 0.29) is 0 Å². The van der Waals surface area contributed by atoms with Gasteiger partial charge in [0.2, 0.25) is 0 Å². The minimum atomic E-state index is 0.805. The molecule has 0 rings (SSSR count). The second-order valence-electron chi connectivity index (χ2n) is 3.51. The molecule has 1 nitrogen and oxygen atoms in total. The Morgan fingerprint density at radius 2 is 2.18 bits per heavy atom. The van der Waals surface area contributed by atoms with Gasteiger partial charge >= 0.3 is 0 Å². The molecule has 0 fully saturated rings. The van der Waals surface area contributed by atoms with Crippen LogP contribution < -0.4 is 5.32 Å². The average Bonchev–Trinajstić information content (AvgIpc) is 1.87. The zero-order valence-corrected chi connectivity index (χ0v) is 8.11. The van der Waals surface area contributed by atoms with E-state index < -0.39 is 0 Å². The summed E-state index contributed by atoms with van der Waals surface area (Å²) in [6, 6.07) is 0. The van der Waals surface area contributed by atoms with E-state index in [1.807, 2.05) is 7.05 Å². The van der Waals surface area contributed by atoms with E-state index in [1.165, 1.54) is 24.8 Å². The minimum Gasteiger partial charge on any atom is -0.319 e. The van der Waals surface area contributed by atoms with E-state index >= 15 is 0 Å². The van der Waals surface area contributed by atoms with E-state index in [4.69, 9.17) is 0 Å². The smallest absolute Gasteiger partial charge is 0.00262 e. The Morgan fingerprint density at radius 3 is 2.64 bits per heavy atom. The molecule has 0 heterocycles. The van der Waals surface area contributed by atoms with Crippen molar-refractivity contribution >= 4 is 0 Å². The van der Waals surface area contributed by atoms with Crippen molar-refractivity contribution in [2.75, 3.05) is 13.6 Å². The van der Waals surface area contributed by atoms with Crippen molar-refractivity contribution < 1.29 is 0 Å². The van der Waals surface area contributed by atoms with Gasteiger partial charge in [0.25, 0.3) is 0 Å². The molecular weight excluding hydrogens is 134 g/mol. The van der Waals surface area contributed by atoms with Gasteiger partial charge in [0.1, 0.15) is 0 Å². The maximum atomic E-state index is 3.88. The molecule has 0 aromatic heterocycles. The summed E-state index contributed by atoms with van der Waals surface area (Å²) in [5.74, 6) is 0.805. The van der Waals surface area contributed by atoms with Gasteiger partial charge in [0, 0.05) is 0 Å². The normalized spacial score (nSPS) is 13.0. The molecule has 0 amide bonds. The van der Waals surface area contributed by atoms with Gasteiger partial charge in [-0.15, -0.1) is 6.58 Å². The molecule has 0 aromatic carbocycles. The predicted octanol–water partition coefficient (Wildman–Crippen LogP) is 2.59. The molecule has 0 bridgehead atoms. The largest absolute Gasteiger partial charge is 0.319 e. The average molecular weight is 155 g/mol. The highest BCUT2D eigenvalue weighted by molar-refractivity contribution is 4.87. The Kier molecular flexibility index (Phi) is 6.24. The van der Waals surface area contributed by atoms with Gasteiger partial charge in [-0.2, -0.15) is 0 Å². The summed E-state index contributed by atoms with van der Waals surface area (Å²) in [5, 5.41) is 3.18. The molecule has 1 atom stereocenters. The standard InChI is InChI=1S/C10H21N/c1-9(2)6-5-7-10(3)8-11-4/h10-11H,1,5-8H2,2-4H3. The molecule has 1 heteroatoms. The van der Waals surface area contributed by atoms with Gasteiger partial charge in [-0.25, -0.2) is 0 Å². The highest BCUT2D eigenvalue weighted by Gasteiger charge is 1.99. The molecule has 0 aliphatic carbocycles. The van der Waals surface area contributed by atoms with E-state index in [9.17, 15) is 0 Å². The van der Waals surface area contributed by atoms with E-state index in [2.05, 4.69) is 25.7 Å². The molecule has 0 saturated heterocycles. The van der Waals surface area contributed by atoms with Crippen LogP contribution in [0.1, 0.15) is 33.1 Å².